The van der Waals surface area contributed by atoms with Crippen LogP contribution in [-0.2, 0) is 9.53 Å². The fourth-order valence-electron chi connectivity index (χ4n) is 0.816. The highest BCUT2D eigenvalue weighted by Crippen LogP contribution is 2.15. The van der Waals surface area contributed by atoms with Crippen molar-refractivity contribution in [3.05, 3.63) is 22.9 Å². The molecular formula is C9H10BrNO3. The van der Waals surface area contributed by atoms with Crippen LogP contribution in [0.3, 0.4) is 0 Å². The Kier molecular flexibility index (Phi) is 4.39. The maximum atomic E-state index is 10.9. The monoisotopic (exact) mass is 259 g/mol. The SMILES string of the molecule is CCOC(=O)COc1cncc(Br)c1. The summed E-state index contributed by atoms with van der Waals surface area (Å²) in [6.45, 7) is 2.02. The Morgan fingerprint density at radius 1 is 1.57 bits per heavy atom. The first-order valence-corrected chi connectivity index (χ1v) is 4.90. The Morgan fingerprint density at radius 2 is 2.36 bits per heavy atom. The molecule has 0 atom stereocenters. The molecule has 0 fully saturated rings. The van der Waals surface area contributed by atoms with E-state index in [2.05, 4.69) is 20.9 Å². The number of carbonyl (C=O) groups excluding carboxylic acids is 1. The fourth-order valence-corrected chi connectivity index (χ4v) is 1.16. The fraction of sp³-hybridized carbons (Fsp3) is 0.333. The van der Waals surface area contributed by atoms with Crippen LogP contribution in [0.1, 0.15) is 6.92 Å². The Morgan fingerprint density at radius 3 is 3.00 bits per heavy atom. The van der Waals surface area contributed by atoms with Crippen LogP contribution in [0.4, 0.5) is 0 Å². The number of rotatable bonds is 4. The van der Waals surface area contributed by atoms with Crippen LogP contribution in [0.25, 0.3) is 0 Å². The molecule has 1 aromatic heterocycles. The van der Waals surface area contributed by atoms with Crippen LogP contribution < -0.4 is 4.74 Å². The summed E-state index contributed by atoms with van der Waals surface area (Å²) >= 11 is 3.24. The molecule has 5 heteroatoms. The van der Waals surface area contributed by atoms with Crippen molar-refractivity contribution in [1.82, 2.24) is 4.98 Å². The van der Waals surface area contributed by atoms with E-state index >= 15 is 0 Å². The molecule has 0 saturated heterocycles. The van der Waals surface area contributed by atoms with Gasteiger partial charge in [-0.2, -0.15) is 0 Å². The smallest absolute Gasteiger partial charge is 0.344 e. The van der Waals surface area contributed by atoms with E-state index in [4.69, 9.17) is 9.47 Å². The van der Waals surface area contributed by atoms with Gasteiger partial charge in [-0.15, -0.1) is 0 Å². The molecule has 4 nitrogen and oxygen atoms in total. The molecule has 14 heavy (non-hydrogen) atoms. The second-order valence-electron chi connectivity index (χ2n) is 2.43. The third-order valence-corrected chi connectivity index (χ3v) is 1.78. The Hall–Kier alpha value is -1.10. The second-order valence-corrected chi connectivity index (χ2v) is 3.35. The number of carbonyl (C=O) groups is 1. The predicted octanol–water partition coefficient (Wildman–Crippen LogP) is 1.79. The summed E-state index contributed by atoms with van der Waals surface area (Å²) < 4.78 is 10.6. The summed E-state index contributed by atoms with van der Waals surface area (Å²) in [5.41, 5.74) is 0. The molecule has 76 valence electrons. The lowest BCUT2D eigenvalue weighted by Gasteiger charge is -2.04. The molecule has 0 saturated carbocycles. The van der Waals surface area contributed by atoms with E-state index < -0.39 is 0 Å². The number of hydrogen-bond donors (Lipinski definition) is 0. The van der Waals surface area contributed by atoms with E-state index in [1.807, 2.05) is 0 Å². The minimum Gasteiger partial charge on any atom is -0.480 e. The van der Waals surface area contributed by atoms with Crippen molar-refractivity contribution in [2.45, 2.75) is 6.92 Å². The lowest BCUT2D eigenvalue weighted by Crippen LogP contribution is -2.14. The standard InChI is InChI=1S/C9H10BrNO3/c1-2-13-9(12)6-14-8-3-7(10)4-11-5-8/h3-5H,2,6H2,1H3. The number of ether oxygens (including phenoxy) is 2. The van der Waals surface area contributed by atoms with Gasteiger partial charge >= 0.3 is 5.97 Å². The van der Waals surface area contributed by atoms with Gasteiger partial charge in [0.15, 0.2) is 6.61 Å². The van der Waals surface area contributed by atoms with Crippen molar-refractivity contribution in [3.63, 3.8) is 0 Å². The largest absolute Gasteiger partial charge is 0.480 e. The molecule has 0 aliphatic rings. The molecule has 1 aromatic rings. The third-order valence-electron chi connectivity index (χ3n) is 1.34. The number of aromatic nitrogens is 1. The van der Waals surface area contributed by atoms with Crippen LogP contribution in [0.15, 0.2) is 22.9 Å². The van der Waals surface area contributed by atoms with Gasteiger partial charge in [0, 0.05) is 10.7 Å². The van der Waals surface area contributed by atoms with Gasteiger partial charge < -0.3 is 9.47 Å². The van der Waals surface area contributed by atoms with Crippen LogP contribution in [0, 0.1) is 0 Å². The Labute approximate surface area is 90.4 Å². The van der Waals surface area contributed by atoms with Gasteiger partial charge in [0.05, 0.1) is 12.8 Å². The molecular weight excluding hydrogens is 250 g/mol. The van der Waals surface area contributed by atoms with Crippen LogP contribution in [-0.4, -0.2) is 24.2 Å². The van der Waals surface area contributed by atoms with E-state index in [0.29, 0.717) is 12.4 Å². The van der Waals surface area contributed by atoms with Crippen molar-refractivity contribution in [2.24, 2.45) is 0 Å². The number of pyridine rings is 1. The zero-order chi connectivity index (χ0) is 10.4. The molecule has 0 aliphatic heterocycles. The van der Waals surface area contributed by atoms with Crippen LogP contribution in [0.5, 0.6) is 5.75 Å². The Bertz CT molecular complexity index is 317. The van der Waals surface area contributed by atoms with Crippen molar-refractivity contribution >= 4 is 21.9 Å². The zero-order valence-corrected chi connectivity index (χ0v) is 9.28. The summed E-state index contributed by atoms with van der Waals surface area (Å²) in [5.74, 6) is 0.153. The van der Waals surface area contributed by atoms with Gasteiger partial charge in [0.2, 0.25) is 0 Å². The summed E-state index contributed by atoms with van der Waals surface area (Å²) in [6.07, 6.45) is 3.17. The lowest BCUT2D eigenvalue weighted by molar-refractivity contribution is -0.145. The molecule has 0 aliphatic carbocycles. The second kappa shape index (κ2) is 5.59. The van der Waals surface area contributed by atoms with Gasteiger partial charge in [0.25, 0.3) is 0 Å². The van der Waals surface area contributed by atoms with E-state index in [-0.39, 0.29) is 12.6 Å². The highest BCUT2D eigenvalue weighted by molar-refractivity contribution is 9.10. The van der Waals surface area contributed by atoms with E-state index in [1.54, 1.807) is 19.2 Å². The lowest BCUT2D eigenvalue weighted by atomic mass is 10.5. The topological polar surface area (TPSA) is 48.4 Å². The molecule has 1 rings (SSSR count). The number of hydrogen-bond acceptors (Lipinski definition) is 4. The highest BCUT2D eigenvalue weighted by atomic mass is 79.9. The van der Waals surface area contributed by atoms with Crippen molar-refractivity contribution in [3.8, 4) is 5.75 Å². The van der Waals surface area contributed by atoms with E-state index in [1.165, 1.54) is 6.20 Å². The van der Waals surface area contributed by atoms with Crippen molar-refractivity contribution in [2.75, 3.05) is 13.2 Å². The predicted molar refractivity (Wildman–Crippen MR) is 54.1 cm³/mol. The van der Waals surface area contributed by atoms with Gasteiger partial charge in [0.1, 0.15) is 5.75 Å². The maximum Gasteiger partial charge on any atom is 0.344 e. The molecule has 0 N–H and O–H groups in total. The number of halogens is 1. The first kappa shape index (κ1) is 11.0. The average Bonchev–Trinajstić information content (AvgIpc) is 2.15. The molecule has 0 radical (unpaired) electrons. The summed E-state index contributed by atoms with van der Waals surface area (Å²) in [7, 11) is 0. The average molecular weight is 260 g/mol. The molecule has 0 unspecified atom stereocenters. The number of esters is 1. The van der Waals surface area contributed by atoms with Gasteiger partial charge in [-0.1, -0.05) is 0 Å². The van der Waals surface area contributed by atoms with Crippen molar-refractivity contribution in [1.29, 1.82) is 0 Å². The normalized spacial score (nSPS) is 9.57. The van der Waals surface area contributed by atoms with Crippen LogP contribution in [0.2, 0.25) is 0 Å². The summed E-state index contributed by atoms with van der Waals surface area (Å²) in [5, 5.41) is 0. The number of nitrogens with zero attached hydrogens (tertiary/aromatic N) is 1. The molecule has 0 amide bonds. The summed E-state index contributed by atoms with van der Waals surface area (Å²) in [6, 6.07) is 1.73. The minimum atomic E-state index is -0.382. The van der Waals surface area contributed by atoms with Gasteiger partial charge in [-0.05, 0) is 28.9 Å². The first-order valence-electron chi connectivity index (χ1n) is 4.11. The van der Waals surface area contributed by atoms with E-state index in [0.717, 1.165) is 4.47 Å². The molecule has 0 bridgehead atoms. The third kappa shape index (κ3) is 3.74. The maximum absolute atomic E-state index is 10.9. The summed E-state index contributed by atoms with van der Waals surface area (Å²) in [4.78, 5) is 14.8. The van der Waals surface area contributed by atoms with E-state index in [9.17, 15) is 4.79 Å². The Balaban J connectivity index is 2.41. The minimum absolute atomic E-state index is 0.0913. The highest BCUT2D eigenvalue weighted by Gasteiger charge is 2.02. The van der Waals surface area contributed by atoms with Gasteiger partial charge in [-0.3, -0.25) is 4.98 Å². The first-order chi connectivity index (χ1) is 6.72. The molecule has 0 spiro atoms. The van der Waals surface area contributed by atoms with Crippen molar-refractivity contribution < 1.29 is 14.3 Å². The quantitative estimate of drug-likeness (QED) is 0.774. The zero-order valence-electron chi connectivity index (χ0n) is 7.70. The molecule has 0 aromatic carbocycles. The van der Waals surface area contributed by atoms with Gasteiger partial charge in [-0.25, -0.2) is 4.79 Å². The molecule has 1 heterocycles. The van der Waals surface area contributed by atoms with Crippen LogP contribution >= 0.6 is 15.9 Å².